The van der Waals surface area contributed by atoms with E-state index in [0.29, 0.717) is 30.2 Å². The van der Waals surface area contributed by atoms with Crippen molar-refractivity contribution in [3.63, 3.8) is 0 Å². The number of hydrogen-bond acceptors (Lipinski definition) is 4. The first-order valence-corrected chi connectivity index (χ1v) is 9.65. The second-order valence-corrected chi connectivity index (χ2v) is 7.02. The minimum atomic E-state index is -0.481. The molecule has 0 saturated carbocycles. The normalized spacial score (nSPS) is 10.9. The molecule has 0 aliphatic carbocycles. The summed E-state index contributed by atoms with van der Waals surface area (Å²) in [5.74, 6) is 0. The minimum absolute atomic E-state index is 0.0570. The molecule has 4 rings (SSSR count). The van der Waals surface area contributed by atoms with Gasteiger partial charge in [0.25, 0.3) is 0 Å². The second-order valence-electron chi connectivity index (χ2n) is 6.61. The number of halogens is 1. The molecule has 2 heterocycles. The first kappa shape index (κ1) is 19.0. The molecule has 29 heavy (non-hydrogen) atoms. The van der Waals surface area contributed by atoms with Gasteiger partial charge in [-0.25, -0.2) is 9.48 Å². The fourth-order valence-electron chi connectivity index (χ4n) is 3.11. The van der Waals surface area contributed by atoms with Crippen LogP contribution in [0, 0.1) is 0 Å². The Morgan fingerprint density at radius 3 is 2.86 bits per heavy atom. The van der Waals surface area contributed by atoms with Gasteiger partial charge in [0, 0.05) is 28.7 Å². The fraction of sp³-hybridized carbons (Fsp3) is 0.190. The van der Waals surface area contributed by atoms with Crippen molar-refractivity contribution in [3.8, 4) is 0 Å². The van der Waals surface area contributed by atoms with Crippen molar-refractivity contribution in [2.45, 2.75) is 19.6 Å². The van der Waals surface area contributed by atoms with Crippen molar-refractivity contribution >= 4 is 28.6 Å². The lowest BCUT2D eigenvalue weighted by Crippen LogP contribution is -2.26. The lowest BCUT2D eigenvalue weighted by molar-refractivity contribution is 0.138. The maximum atomic E-state index is 11.9. The van der Waals surface area contributed by atoms with Gasteiger partial charge < -0.3 is 15.0 Å². The van der Waals surface area contributed by atoms with E-state index >= 15 is 0 Å². The van der Waals surface area contributed by atoms with Gasteiger partial charge in [0.15, 0.2) is 0 Å². The molecule has 0 bridgehead atoms. The zero-order valence-electron chi connectivity index (χ0n) is 15.6. The number of nitrogens with zero attached hydrogens (tertiary/aromatic N) is 3. The van der Waals surface area contributed by atoms with Gasteiger partial charge in [-0.15, -0.1) is 5.10 Å². The number of rotatable bonds is 7. The van der Waals surface area contributed by atoms with Crippen LogP contribution in [-0.2, 0) is 24.3 Å². The number of nitrogens with one attached hydrogen (secondary N) is 2. The Balaban J connectivity index is 1.23. The number of benzene rings is 2. The highest BCUT2D eigenvalue weighted by Crippen LogP contribution is 2.18. The third-order valence-corrected chi connectivity index (χ3v) is 4.93. The number of aromatic nitrogens is 4. The summed E-state index contributed by atoms with van der Waals surface area (Å²) in [6.07, 6.45) is 3.94. The average molecular weight is 410 g/mol. The highest BCUT2D eigenvalue weighted by molar-refractivity contribution is 6.31. The standard InChI is InChI=1S/C21H20ClN5O2/c22-19-7-3-1-5-16(19)12-27-13-17(25-26-27)14-29-21(28)23-10-9-15-11-24-20-8-4-2-6-18(15)20/h1-8,11,13,24H,9-10,12,14H2,(H,23,28). The van der Waals surface area contributed by atoms with Crippen molar-refractivity contribution in [1.29, 1.82) is 0 Å². The van der Waals surface area contributed by atoms with Crippen molar-refractivity contribution in [3.05, 3.63) is 82.8 Å². The first-order chi connectivity index (χ1) is 14.2. The number of carbonyl (C=O) groups excluding carboxylic acids is 1. The van der Waals surface area contributed by atoms with E-state index in [1.165, 1.54) is 0 Å². The molecule has 2 aromatic carbocycles. The van der Waals surface area contributed by atoms with E-state index in [1.54, 1.807) is 10.9 Å². The van der Waals surface area contributed by atoms with E-state index < -0.39 is 6.09 Å². The van der Waals surface area contributed by atoms with E-state index in [-0.39, 0.29) is 6.61 Å². The molecule has 0 aliphatic rings. The average Bonchev–Trinajstić information content (AvgIpc) is 3.35. The van der Waals surface area contributed by atoms with Crippen molar-refractivity contribution < 1.29 is 9.53 Å². The molecule has 8 heteroatoms. The summed E-state index contributed by atoms with van der Waals surface area (Å²) >= 11 is 6.16. The zero-order chi connectivity index (χ0) is 20.1. The van der Waals surface area contributed by atoms with Crippen LogP contribution in [0.3, 0.4) is 0 Å². The van der Waals surface area contributed by atoms with E-state index in [1.807, 2.05) is 48.7 Å². The molecular formula is C21H20ClN5O2. The van der Waals surface area contributed by atoms with Crippen LogP contribution in [0.5, 0.6) is 0 Å². The van der Waals surface area contributed by atoms with Crippen LogP contribution in [0.25, 0.3) is 10.9 Å². The van der Waals surface area contributed by atoms with E-state index in [2.05, 4.69) is 26.7 Å². The van der Waals surface area contributed by atoms with Crippen LogP contribution in [0.2, 0.25) is 5.02 Å². The lowest BCUT2D eigenvalue weighted by Gasteiger charge is -2.05. The maximum absolute atomic E-state index is 11.9. The van der Waals surface area contributed by atoms with Crippen LogP contribution in [0.15, 0.2) is 60.9 Å². The number of H-pyrrole nitrogens is 1. The Bertz CT molecular complexity index is 1120. The second kappa shape index (κ2) is 8.79. The van der Waals surface area contributed by atoms with Crippen LogP contribution >= 0.6 is 11.6 Å². The van der Waals surface area contributed by atoms with Gasteiger partial charge in [-0.05, 0) is 29.7 Å². The zero-order valence-corrected chi connectivity index (χ0v) is 16.4. The van der Waals surface area contributed by atoms with Crippen molar-refractivity contribution in [2.75, 3.05) is 6.54 Å². The van der Waals surface area contributed by atoms with Gasteiger partial charge in [0.05, 0.1) is 12.7 Å². The Morgan fingerprint density at radius 1 is 1.14 bits per heavy atom. The fourth-order valence-corrected chi connectivity index (χ4v) is 3.31. The number of hydrogen-bond donors (Lipinski definition) is 2. The molecule has 0 saturated heterocycles. The molecule has 0 aliphatic heterocycles. The molecular weight excluding hydrogens is 390 g/mol. The molecule has 0 radical (unpaired) electrons. The number of carbonyl (C=O) groups is 1. The Labute approximate surface area is 172 Å². The van der Waals surface area contributed by atoms with Gasteiger partial charge >= 0.3 is 6.09 Å². The number of alkyl carbamates (subject to hydrolysis) is 1. The summed E-state index contributed by atoms with van der Waals surface area (Å²) in [5.41, 5.74) is 3.76. The highest BCUT2D eigenvalue weighted by atomic mass is 35.5. The summed E-state index contributed by atoms with van der Waals surface area (Å²) in [7, 11) is 0. The Hall–Kier alpha value is -3.32. The van der Waals surface area contributed by atoms with E-state index in [0.717, 1.165) is 22.0 Å². The molecule has 148 valence electrons. The highest BCUT2D eigenvalue weighted by Gasteiger charge is 2.08. The molecule has 0 spiro atoms. The molecule has 1 amide bonds. The van der Waals surface area contributed by atoms with Gasteiger partial charge in [-0.2, -0.15) is 0 Å². The topological polar surface area (TPSA) is 84.8 Å². The number of aromatic amines is 1. The summed E-state index contributed by atoms with van der Waals surface area (Å²) in [6, 6.07) is 15.6. The summed E-state index contributed by atoms with van der Waals surface area (Å²) < 4.78 is 6.88. The quantitative estimate of drug-likeness (QED) is 0.484. The van der Waals surface area contributed by atoms with Crippen LogP contribution in [-0.4, -0.2) is 32.6 Å². The molecule has 2 aromatic heterocycles. The van der Waals surface area contributed by atoms with Gasteiger partial charge in [-0.1, -0.05) is 53.2 Å². The van der Waals surface area contributed by atoms with Crippen molar-refractivity contribution in [2.24, 2.45) is 0 Å². The SMILES string of the molecule is O=C(NCCc1c[nH]c2ccccc12)OCc1cn(Cc2ccccc2Cl)nn1. The summed E-state index contributed by atoms with van der Waals surface area (Å²) in [5, 5.41) is 12.7. The monoisotopic (exact) mass is 409 g/mol. The third kappa shape index (κ3) is 4.75. The Morgan fingerprint density at radius 2 is 1.97 bits per heavy atom. The van der Waals surface area contributed by atoms with Gasteiger partial charge in [0.2, 0.25) is 0 Å². The van der Waals surface area contributed by atoms with E-state index in [9.17, 15) is 4.79 Å². The van der Waals surface area contributed by atoms with Crippen LogP contribution in [0.1, 0.15) is 16.8 Å². The molecule has 0 unspecified atom stereocenters. The smallest absolute Gasteiger partial charge is 0.407 e. The largest absolute Gasteiger partial charge is 0.443 e. The number of ether oxygens (including phenoxy) is 1. The summed E-state index contributed by atoms with van der Waals surface area (Å²) in [6.45, 7) is 1.05. The number of fused-ring (bicyclic) bond motifs is 1. The molecule has 4 aromatic rings. The van der Waals surface area contributed by atoms with Gasteiger partial charge in [0.1, 0.15) is 12.3 Å². The van der Waals surface area contributed by atoms with Crippen LogP contribution in [0.4, 0.5) is 4.79 Å². The van der Waals surface area contributed by atoms with Gasteiger partial charge in [-0.3, -0.25) is 0 Å². The number of amides is 1. The predicted octanol–water partition coefficient (Wildman–Crippen LogP) is 3.93. The third-order valence-electron chi connectivity index (χ3n) is 4.57. The van der Waals surface area contributed by atoms with Crippen LogP contribution < -0.4 is 5.32 Å². The summed E-state index contributed by atoms with van der Waals surface area (Å²) in [4.78, 5) is 15.2. The number of para-hydroxylation sites is 1. The lowest BCUT2D eigenvalue weighted by atomic mass is 10.1. The molecule has 2 N–H and O–H groups in total. The molecule has 0 fully saturated rings. The van der Waals surface area contributed by atoms with E-state index in [4.69, 9.17) is 16.3 Å². The Kier molecular flexibility index (Phi) is 5.76. The minimum Gasteiger partial charge on any atom is -0.443 e. The first-order valence-electron chi connectivity index (χ1n) is 9.27. The maximum Gasteiger partial charge on any atom is 0.407 e. The predicted molar refractivity (Wildman–Crippen MR) is 111 cm³/mol. The van der Waals surface area contributed by atoms with Crippen molar-refractivity contribution in [1.82, 2.24) is 25.3 Å². The molecule has 7 nitrogen and oxygen atoms in total. The molecule has 0 atom stereocenters.